The first kappa shape index (κ1) is 13.4. The molecule has 0 amide bonds. The van der Waals surface area contributed by atoms with Crippen LogP contribution in [0.5, 0.6) is 0 Å². The Balaban J connectivity index is 4.76. The molecular weight excluding hydrogens is 182 g/mol. The number of rotatable bonds is 6. The van der Waals surface area contributed by atoms with E-state index < -0.39 is 11.4 Å². The van der Waals surface area contributed by atoms with Crippen LogP contribution in [0.1, 0.15) is 27.2 Å². The van der Waals surface area contributed by atoms with E-state index in [1.807, 2.05) is 20.8 Å². The van der Waals surface area contributed by atoms with E-state index in [1.54, 1.807) is 0 Å². The quantitative estimate of drug-likeness (QED) is 0.593. The van der Waals surface area contributed by atoms with Crippen molar-refractivity contribution in [3.8, 4) is 0 Å². The van der Waals surface area contributed by atoms with E-state index in [0.717, 1.165) is 0 Å². The average molecular weight is 203 g/mol. The number of carbonyl (C=O) groups is 1. The van der Waals surface area contributed by atoms with Crippen molar-refractivity contribution in [3.05, 3.63) is 0 Å². The predicted molar refractivity (Wildman–Crippen MR) is 54.8 cm³/mol. The number of aliphatic hydroxyl groups is 1. The van der Waals surface area contributed by atoms with Gasteiger partial charge in [0.2, 0.25) is 0 Å². The molecule has 84 valence electrons. The molecule has 4 nitrogen and oxygen atoms in total. The Labute approximate surface area is 85.1 Å². The number of aliphatic carboxylic acids is 1. The van der Waals surface area contributed by atoms with Gasteiger partial charge in [-0.15, -0.1) is 0 Å². The lowest BCUT2D eigenvalue weighted by Gasteiger charge is -2.33. The zero-order valence-electron chi connectivity index (χ0n) is 9.16. The molecule has 0 saturated carbocycles. The molecule has 0 spiro atoms. The third kappa shape index (κ3) is 2.69. The molecule has 4 heteroatoms. The van der Waals surface area contributed by atoms with E-state index in [1.165, 1.54) is 0 Å². The Morgan fingerprint density at radius 2 is 1.93 bits per heavy atom. The lowest BCUT2D eigenvalue weighted by molar-refractivity contribution is -0.152. The van der Waals surface area contributed by atoms with Gasteiger partial charge in [0.25, 0.3) is 0 Å². The van der Waals surface area contributed by atoms with Gasteiger partial charge in [-0.25, -0.2) is 0 Å². The van der Waals surface area contributed by atoms with Gasteiger partial charge in [0.05, 0.1) is 5.41 Å². The summed E-state index contributed by atoms with van der Waals surface area (Å²) < 4.78 is 0. The standard InChI is InChI=1S/C10H21NO3/c1-7(2)10(6-11,9(13)14)4-8(3)5-12/h7-8,12H,4-6,11H2,1-3H3,(H,13,14). The number of hydrogen-bond acceptors (Lipinski definition) is 3. The highest BCUT2D eigenvalue weighted by molar-refractivity contribution is 5.75. The second-order valence-electron chi connectivity index (χ2n) is 4.31. The second-order valence-corrected chi connectivity index (χ2v) is 4.31. The van der Waals surface area contributed by atoms with Gasteiger partial charge in [0.1, 0.15) is 0 Å². The summed E-state index contributed by atoms with van der Waals surface area (Å²) in [6.45, 7) is 5.65. The number of hydrogen-bond donors (Lipinski definition) is 3. The first-order valence-corrected chi connectivity index (χ1v) is 4.95. The Morgan fingerprint density at radius 1 is 1.43 bits per heavy atom. The summed E-state index contributed by atoms with van der Waals surface area (Å²) in [7, 11) is 0. The fraction of sp³-hybridized carbons (Fsp3) is 0.900. The number of aliphatic hydroxyl groups excluding tert-OH is 1. The fourth-order valence-corrected chi connectivity index (χ4v) is 1.66. The Kier molecular flexibility index (Phi) is 5.08. The molecule has 2 atom stereocenters. The monoisotopic (exact) mass is 203 g/mol. The number of carboxylic acids is 1. The van der Waals surface area contributed by atoms with Gasteiger partial charge in [0, 0.05) is 13.2 Å². The normalized spacial score (nSPS) is 17.9. The van der Waals surface area contributed by atoms with Crippen LogP contribution < -0.4 is 5.73 Å². The highest BCUT2D eigenvalue weighted by Gasteiger charge is 2.41. The molecule has 2 unspecified atom stereocenters. The highest BCUT2D eigenvalue weighted by Crippen LogP contribution is 2.34. The van der Waals surface area contributed by atoms with E-state index in [0.29, 0.717) is 6.42 Å². The molecule has 0 radical (unpaired) electrons. The Morgan fingerprint density at radius 3 is 2.14 bits per heavy atom. The molecule has 0 aliphatic carbocycles. The van der Waals surface area contributed by atoms with Crippen LogP contribution in [-0.2, 0) is 4.79 Å². The molecule has 0 saturated heterocycles. The summed E-state index contributed by atoms with van der Waals surface area (Å²) in [5, 5.41) is 18.1. The Bertz CT molecular complexity index is 194. The third-order valence-corrected chi connectivity index (χ3v) is 2.92. The van der Waals surface area contributed by atoms with Crippen molar-refractivity contribution < 1.29 is 15.0 Å². The van der Waals surface area contributed by atoms with Crippen molar-refractivity contribution in [2.24, 2.45) is 23.0 Å². The minimum absolute atomic E-state index is 0.00174. The average Bonchev–Trinajstić information content (AvgIpc) is 2.12. The second kappa shape index (κ2) is 5.32. The van der Waals surface area contributed by atoms with E-state index in [2.05, 4.69) is 0 Å². The van der Waals surface area contributed by atoms with Crippen molar-refractivity contribution >= 4 is 5.97 Å². The number of nitrogens with two attached hydrogens (primary N) is 1. The maximum Gasteiger partial charge on any atom is 0.311 e. The molecule has 0 aromatic carbocycles. The van der Waals surface area contributed by atoms with Crippen LogP contribution in [0.15, 0.2) is 0 Å². The van der Waals surface area contributed by atoms with Crippen LogP contribution in [0.2, 0.25) is 0 Å². The van der Waals surface area contributed by atoms with Crippen LogP contribution in [-0.4, -0.2) is 29.3 Å². The molecule has 0 fully saturated rings. The third-order valence-electron chi connectivity index (χ3n) is 2.92. The molecule has 0 bridgehead atoms. The molecule has 0 aliphatic heterocycles. The summed E-state index contributed by atoms with van der Waals surface area (Å²) in [5.41, 5.74) is 4.65. The van der Waals surface area contributed by atoms with Gasteiger partial charge >= 0.3 is 5.97 Å². The van der Waals surface area contributed by atoms with Gasteiger partial charge in [-0.1, -0.05) is 20.8 Å². The minimum atomic E-state index is -0.901. The summed E-state index contributed by atoms with van der Waals surface area (Å²) in [4.78, 5) is 11.2. The zero-order valence-corrected chi connectivity index (χ0v) is 9.16. The summed E-state index contributed by atoms with van der Waals surface area (Å²) >= 11 is 0. The minimum Gasteiger partial charge on any atom is -0.481 e. The molecule has 0 heterocycles. The van der Waals surface area contributed by atoms with Crippen LogP contribution >= 0.6 is 0 Å². The highest BCUT2D eigenvalue weighted by atomic mass is 16.4. The molecule has 4 N–H and O–H groups in total. The lowest BCUT2D eigenvalue weighted by Crippen LogP contribution is -2.44. The van der Waals surface area contributed by atoms with Gasteiger partial charge in [-0.3, -0.25) is 4.79 Å². The van der Waals surface area contributed by atoms with Gasteiger partial charge < -0.3 is 15.9 Å². The van der Waals surface area contributed by atoms with E-state index >= 15 is 0 Å². The van der Waals surface area contributed by atoms with Crippen molar-refractivity contribution in [3.63, 3.8) is 0 Å². The maximum atomic E-state index is 11.2. The molecular formula is C10H21NO3. The van der Waals surface area contributed by atoms with Crippen LogP contribution in [0.4, 0.5) is 0 Å². The van der Waals surface area contributed by atoms with E-state index in [9.17, 15) is 9.90 Å². The van der Waals surface area contributed by atoms with Crippen LogP contribution in [0.3, 0.4) is 0 Å². The summed E-state index contributed by atoms with van der Waals surface area (Å²) in [6, 6.07) is 0. The maximum absolute atomic E-state index is 11.2. The summed E-state index contributed by atoms with van der Waals surface area (Å²) in [5.74, 6) is -0.925. The lowest BCUT2D eigenvalue weighted by atomic mass is 9.71. The molecule has 0 aromatic heterocycles. The SMILES string of the molecule is CC(CO)CC(CN)(C(=O)O)C(C)C. The Hall–Kier alpha value is -0.610. The van der Waals surface area contributed by atoms with Gasteiger partial charge in [-0.05, 0) is 18.3 Å². The molecule has 0 aromatic rings. The fourth-order valence-electron chi connectivity index (χ4n) is 1.66. The predicted octanol–water partition coefficient (Wildman–Crippen LogP) is 0.691. The van der Waals surface area contributed by atoms with Gasteiger partial charge in [-0.2, -0.15) is 0 Å². The first-order valence-electron chi connectivity index (χ1n) is 4.95. The first-order chi connectivity index (χ1) is 6.40. The molecule has 14 heavy (non-hydrogen) atoms. The van der Waals surface area contributed by atoms with E-state index in [4.69, 9.17) is 10.8 Å². The molecule has 0 rings (SSSR count). The van der Waals surface area contributed by atoms with Gasteiger partial charge in [0.15, 0.2) is 0 Å². The largest absolute Gasteiger partial charge is 0.481 e. The van der Waals surface area contributed by atoms with E-state index in [-0.39, 0.29) is 25.0 Å². The van der Waals surface area contributed by atoms with Crippen molar-refractivity contribution in [1.29, 1.82) is 0 Å². The summed E-state index contributed by atoms with van der Waals surface area (Å²) in [6.07, 6.45) is 0.424. The van der Waals surface area contributed by atoms with Crippen LogP contribution in [0.25, 0.3) is 0 Å². The number of carboxylic acid groups (broad SMARTS) is 1. The van der Waals surface area contributed by atoms with Crippen molar-refractivity contribution in [2.45, 2.75) is 27.2 Å². The molecule has 0 aliphatic rings. The van der Waals surface area contributed by atoms with Crippen molar-refractivity contribution in [1.82, 2.24) is 0 Å². The van der Waals surface area contributed by atoms with Crippen LogP contribution in [0, 0.1) is 17.3 Å². The van der Waals surface area contributed by atoms with Crippen molar-refractivity contribution in [2.75, 3.05) is 13.2 Å². The topological polar surface area (TPSA) is 83.5 Å². The smallest absolute Gasteiger partial charge is 0.311 e. The zero-order chi connectivity index (χ0) is 11.4.